The highest BCUT2D eigenvalue weighted by atomic mass is 32.5. The first kappa shape index (κ1) is 39.1. The van der Waals surface area contributed by atoms with E-state index in [-0.39, 0.29) is 30.7 Å². The molecule has 0 bridgehead atoms. The molecule has 0 amide bonds. The SMILES string of the molecule is COc1ccc(C(OC[C@H]2O[C@@H](n3cnc4c(=O)[nH]c(NCC(C)C)nc43)C[C@@H]2OP(C)(=S)OCCC#N)(c2ccccc2)c2ccc(OC)cc2)cc1. The topological polar surface area (TPSA) is 155 Å². The van der Waals surface area contributed by atoms with Crippen LogP contribution in [-0.4, -0.2) is 72.4 Å². The second-order valence-electron chi connectivity index (χ2n) is 13.3. The average molecular weight is 773 g/mol. The smallest absolute Gasteiger partial charge is 0.280 e. The fourth-order valence-corrected chi connectivity index (χ4v) is 8.22. The molecule has 2 aromatic heterocycles. The van der Waals surface area contributed by atoms with E-state index in [0.29, 0.717) is 42.0 Å². The molecule has 3 aromatic carbocycles. The number of H-pyrrole nitrogens is 1. The van der Waals surface area contributed by atoms with E-state index in [4.69, 9.17) is 50.0 Å². The molecule has 1 unspecified atom stereocenters. The van der Waals surface area contributed by atoms with E-state index < -0.39 is 30.5 Å². The first-order chi connectivity index (χ1) is 26.1. The Bertz CT molecular complexity index is 2110. The van der Waals surface area contributed by atoms with E-state index in [0.717, 1.165) is 16.7 Å². The Kier molecular flexibility index (Phi) is 12.5. The van der Waals surface area contributed by atoms with Crippen LogP contribution in [0.3, 0.4) is 0 Å². The Morgan fingerprint density at radius 2 is 1.67 bits per heavy atom. The third kappa shape index (κ3) is 8.68. The van der Waals surface area contributed by atoms with Gasteiger partial charge in [0.05, 0.1) is 52.4 Å². The summed E-state index contributed by atoms with van der Waals surface area (Å²) in [5.74, 6) is 2.09. The molecule has 284 valence electrons. The maximum Gasteiger partial charge on any atom is 0.280 e. The predicted molar refractivity (Wildman–Crippen MR) is 210 cm³/mol. The number of ether oxygens (including phenoxy) is 4. The molecule has 1 fully saturated rings. The van der Waals surface area contributed by atoms with Crippen LogP contribution in [0.25, 0.3) is 11.2 Å². The van der Waals surface area contributed by atoms with Crippen LogP contribution in [0, 0.1) is 17.2 Å². The monoisotopic (exact) mass is 772 g/mol. The molecular formula is C39H45N6O7PS. The fourth-order valence-electron chi connectivity index (χ4n) is 6.47. The molecular weight excluding hydrogens is 728 g/mol. The maximum atomic E-state index is 13.1. The summed E-state index contributed by atoms with van der Waals surface area (Å²) in [6, 6.07) is 27.6. The van der Waals surface area contributed by atoms with E-state index in [1.807, 2.05) is 78.9 Å². The Morgan fingerprint density at radius 1 is 1.04 bits per heavy atom. The number of imidazole rings is 1. The number of aromatic amines is 1. The molecule has 0 saturated carbocycles. The van der Waals surface area contributed by atoms with Gasteiger partial charge in [0.1, 0.15) is 29.4 Å². The summed E-state index contributed by atoms with van der Waals surface area (Å²) in [5.41, 5.74) is 1.68. The van der Waals surface area contributed by atoms with Gasteiger partial charge in [-0.25, -0.2) is 4.98 Å². The van der Waals surface area contributed by atoms with E-state index >= 15 is 0 Å². The van der Waals surface area contributed by atoms with Gasteiger partial charge in [0.2, 0.25) is 5.95 Å². The van der Waals surface area contributed by atoms with E-state index in [2.05, 4.69) is 35.2 Å². The van der Waals surface area contributed by atoms with Crippen LogP contribution in [0.4, 0.5) is 5.95 Å². The van der Waals surface area contributed by atoms with Gasteiger partial charge in [-0.15, -0.1) is 0 Å². The Balaban J connectivity index is 1.40. The minimum Gasteiger partial charge on any atom is -0.497 e. The summed E-state index contributed by atoms with van der Waals surface area (Å²) in [6.07, 6.45) is 0.186. The predicted octanol–water partition coefficient (Wildman–Crippen LogP) is 6.76. The third-order valence-corrected chi connectivity index (χ3v) is 11.0. The van der Waals surface area contributed by atoms with E-state index in [1.165, 1.54) is 0 Å². The second-order valence-corrected chi connectivity index (χ2v) is 17.4. The van der Waals surface area contributed by atoms with Crippen molar-refractivity contribution < 1.29 is 28.0 Å². The van der Waals surface area contributed by atoms with Crippen LogP contribution in [0.5, 0.6) is 11.5 Å². The van der Waals surface area contributed by atoms with Gasteiger partial charge < -0.3 is 33.3 Å². The molecule has 6 rings (SSSR count). The summed E-state index contributed by atoms with van der Waals surface area (Å²) < 4.78 is 39.2. The largest absolute Gasteiger partial charge is 0.497 e. The number of aromatic nitrogens is 4. The zero-order chi connectivity index (χ0) is 38.3. The number of fused-ring (bicyclic) bond motifs is 1. The number of nitrogens with zero attached hydrogens (tertiary/aromatic N) is 4. The lowest BCUT2D eigenvalue weighted by Crippen LogP contribution is -2.38. The summed E-state index contributed by atoms with van der Waals surface area (Å²) in [6.45, 7) is 3.87. The molecule has 1 saturated heterocycles. The number of benzene rings is 3. The molecule has 1 aliphatic rings. The van der Waals surface area contributed by atoms with Crippen molar-refractivity contribution in [2.75, 3.05) is 46.0 Å². The zero-order valence-corrected chi connectivity index (χ0v) is 32.6. The lowest BCUT2D eigenvalue weighted by atomic mass is 9.80. The first-order valence-corrected chi connectivity index (χ1v) is 20.8. The van der Waals surface area contributed by atoms with Gasteiger partial charge in [0, 0.05) is 19.6 Å². The average Bonchev–Trinajstić information content (AvgIpc) is 3.79. The molecule has 54 heavy (non-hydrogen) atoms. The van der Waals surface area contributed by atoms with Crippen molar-refractivity contribution in [2.24, 2.45) is 5.92 Å². The Hall–Kier alpha value is -4.61. The van der Waals surface area contributed by atoms with Crippen molar-refractivity contribution in [1.29, 1.82) is 5.26 Å². The Labute approximate surface area is 319 Å². The number of nitriles is 1. The van der Waals surface area contributed by atoms with Crippen LogP contribution in [0.1, 0.15) is 49.6 Å². The van der Waals surface area contributed by atoms with Gasteiger partial charge in [-0.2, -0.15) is 10.2 Å². The van der Waals surface area contributed by atoms with E-state index in [1.54, 1.807) is 31.8 Å². The standard InChI is InChI=1S/C39H45N6O7PS/c1-26(2)23-41-38-43-36-35(37(46)44-38)42-25-45(36)34-22-32(52-53(5,54)50-21-9-20-40)33(51-34)24-49-39(27-10-7-6-8-11-27,28-12-16-30(47-3)17-13-28)29-14-18-31(48-4)19-15-29/h6-8,10-19,25-26,32-34H,9,21-24H2,1-5H3,(H2,41,43,44,46)/t32-,33+,34+,53?/m0/s1. The minimum absolute atomic E-state index is 0.0590. The van der Waals surface area contributed by atoms with Crippen molar-refractivity contribution in [2.45, 2.75) is 50.7 Å². The number of rotatable bonds is 17. The zero-order valence-electron chi connectivity index (χ0n) is 30.9. The lowest BCUT2D eigenvalue weighted by molar-refractivity contribution is -0.0903. The normalized spacial score (nSPS) is 18.4. The number of hydrogen-bond donors (Lipinski definition) is 2. The van der Waals surface area contributed by atoms with Crippen molar-refractivity contribution in [3.8, 4) is 17.6 Å². The quantitative estimate of drug-likeness (QED) is 0.0583. The molecule has 13 nitrogen and oxygen atoms in total. The highest BCUT2D eigenvalue weighted by Gasteiger charge is 2.44. The van der Waals surface area contributed by atoms with Crippen LogP contribution in [0.15, 0.2) is 90.0 Å². The summed E-state index contributed by atoms with van der Waals surface area (Å²) in [5, 5.41) is 12.3. The molecule has 2 N–H and O–H groups in total. The van der Waals surface area contributed by atoms with Gasteiger partial charge in [0.15, 0.2) is 17.7 Å². The van der Waals surface area contributed by atoms with Crippen LogP contribution < -0.4 is 20.3 Å². The number of methoxy groups -OCH3 is 2. The van der Waals surface area contributed by atoms with E-state index in [9.17, 15) is 4.79 Å². The number of anilines is 1. The van der Waals surface area contributed by atoms with Crippen LogP contribution in [0.2, 0.25) is 0 Å². The maximum absolute atomic E-state index is 13.1. The summed E-state index contributed by atoms with van der Waals surface area (Å²) in [7, 11) is 3.26. The summed E-state index contributed by atoms with van der Waals surface area (Å²) >= 11 is 5.83. The molecule has 5 aromatic rings. The molecule has 1 aliphatic heterocycles. The van der Waals surface area contributed by atoms with Crippen molar-refractivity contribution in [3.63, 3.8) is 0 Å². The molecule has 4 atom stereocenters. The molecule has 15 heteroatoms. The van der Waals surface area contributed by atoms with Gasteiger partial charge in [0.25, 0.3) is 5.56 Å². The van der Waals surface area contributed by atoms with Crippen molar-refractivity contribution in [1.82, 2.24) is 19.5 Å². The number of hydrogen-bond acceptors (Lipinski definition) is 12. The fraction of sp³-hybridized carbons (Fsp3) is 0.385. The Morgan fingerprint density at radius 3 is 2.26 bits per heavy atom. The third-order valence-electron chi connectivity index (χ3n) is 9.10. The van der Waals surface area contributed by atoms with Gasteiger partial charge in [-0.1, -0.05) is 68.4 Å². The highest BCUT2D eigenvalue weighted by molar-refractivity contribution is 8.09. The second kappa shape index (κ2) is 17.2. The minimum atomic E-state index is -2.84. The first-order valence-electron chi connectivity index (χ1n) is 17.7. The van der Waals surface area contributed by atoms with Crippen LogP contribution in [-0.2, 0) is 35.9 Å². The van der Waals surface area contributed by atoms with Crippen molar-refractivity contribution >= 4 is 35.4 Å². The van der Waals surface area contributed by atoms with Crippen molar-refractivity contribution in [3.05, 3.63) is 112 Å². The molecule has 0 spiro atoms. The van der Waals surface area contributed by atoms with Gasteiger partial charge in [-0.3, -0.25) is 14.3 Å². The lowest BCUT2D eigenvalue weighted by Gasteiger charge is -2.37. The van der Waals surface area contributed by atoms with Gasteiger partial charge in [-0.05, 0) is 58.7 Å². The summed E-state index contributed by atoms with van der Waals surface area (Å²) in [4.78, 5) is 24.9. The molecule has 0 radical (unpaired) electrons. The van der Waals surface area contributed by atoms with Gasteiger partial charge >= 0.3 is 0 Å². The number of nitrogens with one attached hydrogen (secondary N) is 2. The highest BCUT2D eigenvalue weighted by Crippen LogP contribution is 2.50. The molecule has 3 heterocycles. The van der Waals surface area contributed by atoms with Crippen LogP contribution >= 0.6 is 6.49 Å². The molecule has 0 aliphatic carbocycles.